The van der Waals surface area contributed by atoms with E-state index in [1.807, 2.05) is 18.2 Å². The Bertz CT molecular complexity index is 709. The molecule has 0 amide bonds. The molecular formula is C21H22F2NO. The van der Waals surface area contributed by atoms with E-state index in [1.54, 1.807) is 12.1 Å². The Labute approximate surface area is 147 Å². The van der Waals surface area contributed by atoms with Gasteiger partial charge < -0.3 is 4.84 Å². The highest BCUT2D eigenvalue weighted by Crippen LogP contribution is 2.33. The summed E-state index contributed by atoms with van der Waals surface area (Å²) in [6.45, 7) is 0.152. The third-order valence-electron chi connectivity index (χ3n) is 4.67. The highest BCUT2D eigenvalue weighted by atomic mass is 19.3. The minimum Gasteiger partial charge on any atom is -0.390 e. The predicted molar refractivity (Wildman–Crippen MR) is 95.0 cm³/mol. The van der Waals surface area contributed by atoms with E-state index in [4.69, 9.17) is 4.84 Å². The van der Waals surface area contributed by atoms with Crippen LogP contribution in [0.2, 0.25) is 0 Å². The maximum atomic E-state index is 12.7. The number of rotatable bonds is 6. The predicted octanol–water partition coefficient (Wildman–Crippen LogP) is 6.10. The lowest BCUT2D eigenvalue weighted by Gasteiger charge is -2.23. The fourth-order valence-electron chi connectivity index (χ4n) is 3.38. The highest BCUT2D eigenvalue weighted by molar-refractivity contribution is 5.81. The zero-order valence-electron chi connectivity index (χ0n) is 14.1. The van der Waals surface area contributed by atoms with Crippen LogP contribution in [-0.4, -0.2) is 6.21 Å². The molecule has 1 fully saturated rings. The van der Waals surface area contributed by atoms with E-state index in [1.165, 1.54) is 49.8 Å². The number of hydrogen-bond acceptors (Lipinski definition) is 2. The topological polar surface area (TPSA) is 21.6 Å². The third kappa shape index (κ3) is 4.88. The van der Waals surface area contributed by atoms with Crippen LogP contribution in [0.4, 0.5) is 8.78 Å². The summed E-state index contributed by atoms with van der Waals surface area (Å²) in [5, 5.41) is 3.93. The van der Waals surface area contributed by atoms with Gasteiger partial charge in [0.2, 0.25) is 0 Å². The molecule has 2 aromatic carbocycles. The third-order valence-corrected chi connectivity index (χ3v) is 4.67. The maximum Gasteiger partial charge on any atom is 0.263 e. The summed E-state index contributed by atoms with van der Waals surface area (Å²) < 4.78 is 25.4. The van der Waals surface area contributed by atoms with Gasteiger partial charge >= 0.3 is 0 Å². The monoisotopic (exact) mass is 342 g/mol. The van der Waals surface area contributed by atoms with Crippen LogP contribution < -0.4 is 0 Å². The summed E-state index contributed by atoms with van der Waals surface area (Å²) in [7, 11) is 0. The Morgan fingerprint density at radius 2 is 1.84 bits per heavy atom. The Hall–Kier alpha value is -2.23. The zero-order chi connectivity index (χ0) is 17.5. The van der Waals surface area contributed by atoms with E-state index in [-0.39, 0.29) is 12.2 Å². The largest absolute Gasteiger partial charge is 0.390 e. The van der Waals surface area contributed by atoms with E-state index in [0.29, 0.717) is 11.5 Å². The summed E-state index contributed by atoms with van der Waals surface area (Å²) in [6.07, 6.45) is 6.77. The number of nitrogens with zero attached hydrogens (tertiary/aromatic N) is 1. The first-order chi connectivity index (χ1) is 12.2. The molecule has 1 aliphatic carbocycles. The van der Waals surface area contributed by atoms with Crippen LogP contribution in [0.3, 0.4) is 0 Å². The van der Waals surface area contributed by atoms with E-state index in [0.717, 1.165) is 5.56 Å². The van der Waals surface area contributed by atoms with Crippen LogP contribution in [0.25, 0.3) is 0 Å². The molecule has 4 heteroatoms. The van der Waals surface area contributed by atoms with Gasteiger partial charge in [-0.15, -0.1) is 0 Å². The average molecular weight is 342 g/mol. The van der Waals surface area contributed by atoms with Gasteiger partial charge in [0.25, 0.3) is 6.43 Å². The molecule has 131 valence electrons. The van der Waals surface area contributed by atoms with E-state index < -0.39 is 6.43 Å². The lowest BCUT2D eigenvalue weighted by atomic mass is 9.82. The first kappa shape index (κ1) is 17.6. The summed E-state index contributed by atoms with van der Waals surface area (Å²) in [6, 6.07) is 14.3. The highest BCUT2D eigenvalue weighted by Gasteiger charge is 2.17. The van der Waals surface area contributed by atoms with Crippen LogP contribution in [0, 0.1) is 0 Å². The molecule has 0 aliphatic heterocycles. The Balaban J connectivity index is 1.62. The van der Waals surface area contributed by atoms with E-state index in [9.17, 15) is 8.78 Å². The van der Waals surface area contributed by atoms with Crippen molar-refractivity contribution in [1.82, 2.24) is 0 Å². The number of benzene rings is 2. The molecule has 0 saturated heterocycles. The second-order valence-corrected chi connectivity index (χ2v) is 6.44. The van der Waals surface area contributed by atoms with Crippen LogP contribution in [0.5, 0.6) is 0 Å². The number of hydrogen-bond donors (Lipinski definition) is 0. The molecule has 2 aromatic rings. The van der Waals surface area contributed by atoms with Crippen LogP contribution in [-0.2, 0) is 11.4 Å². The van der Waals surface area contributed by atoms with Crippen LogP contribution in [0.1, 0.15) is 66.7 Å². The van der Waals surface area contributed by atoms with Gasteiger partial charge in [0.1, 0.15) is 12.8 Å². The molecule has 0 unspecified atom stereocenters. The first-order valence-corrected chi connectivity index (χ1v) is 8.78. The van der Waals surface area contributed by atoms with Crippen molar-refractivity contribution in [1.29, 1.82) is 0 Å². The Morgan fingerprint density at radius 1 is 1.04 bits per heavy atom. The Morgan fingerprint density at radius 3 is 2.64 bits per heavy atom. The van der Waals surface area contributed by atoms with Crippen molar-refractivity contribution in [2.45, 2.75) is 51.1 Å². The van der Waals surface area contributed by atoms with Crippen molar-refractivity contribution in [2.24, 2.45) is 5.16 Å². The number of halogens is 2. The molecule has 0 spiro atoms. The molecule has 0 N–H and O–H groups in total. The molecule has 0 aromatic heterocycles. The summed E-state index contributed by atoms with van der Waals surface area (Å²) >= 11 is 0. The molecule has 0 heterocycles. The van der Waals surface area contributed by atoms with Gasteiger partial charge in [0.05, 0.1) is 0 Å². The number of alkyl halides is 2. The maximum absolute atomic E-state index is 12.7. The molecular weight excluding hydrogens is 320 g/mol. The molecule has 3 rings (SSSR count). The van der Waals surface area contributed by atoms with Gasteiger partial charge in [-0.25, -0.2) is 8.78 Å². The van der Waals surface area contributed by atoms with Gasteiger partial charge in [-0.3, -0.25) is 0 Å². The Kier molecular flexibility index (Phi) is 6.15. The summed E-state index contributed by atoms with van der Waals surface area (Å²) in [5.41, 5.74) is 2.89. The fraction of sp³-hybridized carbons (Fsp3) is 0.381. The second kappa shape index (κ2) is 8.75. The van der Waals surface area contributed by atoms with Crippen molar-refractivity contribution in [3.05, 3.63) is 70.8 Å². The van der Waals surface area contributed by atoms with Gasteiger partial charge in [0.15, 0.2) is 0 Å². The molecule has 2 nitrogen and oxygen atoms in total. The van der Waals surface area contributed by atoms with Gasteiger partial charge in [0, 0.05) is 11.1 Å². The van der Waals surface area contributed by atoms with Crippen LogP contribution >= 0.6 is 0 Å². The zero-order valence-corrected chi connectivity index (χ0v) is 14.1. The summed E-state index contributed by atoms with van der Waals surface area (Å²) in [5.74, 6) is 0.565. The molecule has 0 atom stereocenters. The molecule has 1 aliphatic rings. The molecule has 0 bridgehead atoms. The van der Waals surface area contributed by atoms with Crippen molar-refractivity contribution in [2.75, 3.05) is 0 Å². The lowest BCUT2D eigenvalue weighted by molar-refractivity contribution is 0.130. The SMILES string of the molecule is FC(F)c1cccc(CO/N=[C]\c2ccccc2C2CCCCC2)c1. The molecule has 1 saturated carbocycles. The average Bonchev–Trinajstić information content (AvgIpc) is 2.66. The standard InChI is InChI=1S/C21H22F2NO/c22-21(23)18-11-6-7-16(13-18)15-25-24-14-19-10-4-5-12-20(19)17-8-2-1-3-9-17/h4-7,10-13,17,21H,1-3,8-9,15H2. The lowest BCUT2D eigenvalue weighted by Crippen LogP contribution is -2.07. The fourth-order valence-corrected chi connectivity index (χ4v) is 3.38. The van der Waals surface area contributed by atoms with Gasteiger partial charge in [-0.05, 0) is 36.0 Å². The quantitative estimate of drug-likeness (QED) is 0.459. The van der Waals surface area contributed by atoms with Crippen molar-refractivity contribution in [3.8, 4) is 0 Å². The van der Waals surface area contributed by atoms with E-state index >= 15 is 0 Å². The smallest absolute Gasteiger partial charge is 0.263 e. The van der Waals surface area contributed by atoms with Crippen LogP contribution in [0.15, 0.2) is 53.7 Å². The second-order valence-electron chi connectivity index (χ2n) is 6.44. The van der Waals surface area contributed by atoms with Crippen molar-refractivity contribution in [3.63, 3.8) is 0 Å². The summed E-state index contributed by atoms with van der Waals surface area (Å²) in [4.78, 5) is 5.27. The normalized spacial score (nSPS) is 15.8. The molecule has 25 heavy (non-hydrogen) atoms. The van der Waals surface area contributed by atoms with Gasteiger partial charge in [-0.2, -0.15) is 0 Å². The van der Waals surface area contributed by atoms with Gasteiger partial charge in [-0.1, -0.05) is 66.9 Å². The van der Waals surface area contributed by atoms with E-state index in [2.05, 4.69) is 17.4 Å². The van der Waals surface area contributed by atoms with Crippen molar-refractivity contribution < 1.29 is 13.6 Å². The first-order valence-electron chi connectivity index (χ1n) is 8.78. The van der Waals surface area contributed by atoms with Crippen molar-refractivity contribution >= 4 is 6.21 Å². The minimum atomic E-state index is -2.47. The minimum absolute atomic E-state index is 0.00305. The molecule has 1 radical (unpaired) electrons.